The fraction of sp³-hybridized carbons (Fsp3) is 0.455. The van der Waals surface area contributed by atoms with E-state index in [9.17, 15) is 19.8 Å². The Morgan fingerprint density at radius 1 is 1.34 bits per heavy atom. The minimum absolute atomic E-state index is 0.0207. The van der Waals surface area contributed by atoms with Gasteiger partial charge in [0.1, 0.15) is 23.2 Å². The maximum Gasteiger partial charge on any atom is 0.342 e. The highest BCUT2D eigenvalue weighted by Crippen LogP contribution is 2.38. The number of hydrogen-bond acceptors (Lipinski definition) is 7. The Bertz CT molecular complexity index is 871. The van der Waals surface area contributed by atoms with Crippen LogP contribution in [0.5, 0.6) is 11.5 Å². The van der Waals surface area contributed by atoms with Crippen LogP contribution in [0.2, 0.25) is 0 Å². The summed E-state index contributed by atoms with van der Waals surface area (Å²) in [6.07, 6.45) is 3.30. The standard InChI is InChI=1S/C22H26O7/c1-5-6-14-8-13-9-18(22(3,26)20(24)16(13)11-28-14)29-21(25)19-12(2)7-15(27-4)10-17(19)23/h5-7,10,14,18,23,26H,8-9,11H2,1-4H3/b6-5-/t14-,18+,22-/m0/s1. The van der Waals surface area contributed by atoms with Crippen molar-refractivity contribution in [1.82, 2.24) is 0 Å². The molecule has 2 N–H and O–H groups in total. The van der Waals surface area contributed by atoms with Gasteiger partial charge in [0.05, 0.1) is 19.8 Å². The number of phenolic OH excluding ortho intramolecular Hbond substituents is 1. The Balaban J connectivity index is 1.87. The van der Waals surface area contributed by atoms with E-state index in [1.54, 1.807) is 13.0 Å². The van der Waals surface area contributed by atoms with Crippen molar-refractivity contribution in [1.29, 1.82) is 0 Å². The Morgan fingerprint density at radius 2 is 2.07 bits per heavy atom. The number of aromatic hydroxyl groups is 1. The first-order chi connectivity index (χ1) is 13.7. The van der Waals surface area contributed by atoms with Crippen LogP contribution < -0.4 is 4.74 Å². The van der Waals surface area contributed by atoms with Gasteiger partial charge in [-0.15, -0.1) is 0 Å². The van der Waals surface area contributed by atoms with Crippen molar-refractivity contribution < 1.29 is 34.0 Å². The Kier molecular flexibility index (Phi) is 5.82. The number of phenols is 1. The fourth-order valence-corrected chi connectivity index (χ4v) is 3.83. The van der Waals surface area contributed by atoms with Gasteiger partial charge in [0.25, 0.3) is 0 Å². The van der Waals surface area contributed by atoms with E-state index in [2.05, 4.69) is 0 Å². The second kappa shape index (κ2) is 8.00. The summed E-state index contributed by atoms with van der Waals surface area (Å²) in [5, 5.41) is 21.0. The zero-order chi connectivity index (χ0) is 21.3. The molecule has 1 aliphatic carbocycles. The lowest BCUT2D eigenvalue weighted by Crippen LogP contribution is -2.54. The first-order valence-corrected chi connectivity index (χ1v) is 9.50. The Morgan fingerprint density at radius 3 is 2.69 bits per heavy atom. The van der Waals surface area contributed by atoms with E-state index in [1.165, 1.54) is 20.1 Å². The van der Waals surface area contributed by atoms with Gasteiger partial charge in [-0.1, -0.05) is 17.7 Å². The number of aliphatic hydroxyl groups is 1. The predicted molar refractivity (Wildman–Crippen MR) is 105 cm³/mol. The number of hydrogen-bond donors (Lipinski definition) is 2. The van der Waals surface area contributed by atoms with Crippen LogP contribution in [0.3, 0.4) is 0 Å². The summed E-state index contributed by atoms with van der Waals surface area (Å²) >= 11 is 0. The van der Waals surface area contributed by atoms with E-state index in [1.807, 2.05) is 19.1 Å². The second-order valence-electron chi connectivity index (χ2n) is 7.57. The fourth-order valence-electron chi connectivity index (χ4n) is 3.83. The zero-order valence-electron chi connectivity index (χ0n) is 17.0. The molecule has 0 radical (unpaired) electrons. The molecule has 0 unspecified atom stereocenters. The quantitative estimate of drug-likeness (QED) is 0.589. The van der Waals surface area contributed by atoms with Crippen LogP contribution >= 0.6 is 0 Å². The van der Waals surface area contributed by atoms with E-state index in [0.717, 1.165) is 5.57 Å². The highest BCUT2D eigenvalue weighted by atomic mass is 16.6. The van der Waals surface area contributed by atoms with Crippen molar-refractivity contribution in [2.24, 2.45) is 0 Å². The maximum atomic E-state index is 12.8. The summed E-state index contributed by atoms with van der Waals surface area (Å²) < 4.78 is 16.3. The number of aryl methyl sites for hydroxylation is 1. The van der Waals surface area contributed by atoms with Crippen LogP contribution in [0.1, 0.15) is 42.6 Å². The third kappa shape index (κ3) is 3.93. The van der Waals surface area contributed by atoms with Crippen LogP contribution in [0.25, 0.3) is 0 Å². The topological polar surface area (TPSA) is 102 Å². The van der Waals surface area contributed by atoms with Gasteiger partial charge < -0.3 is 24.4 Å². The molecule has 156 valence electrons. The largest absolute Gasteiger partial charge is 0.507 e. The highest BCUT2D eigenvalue weighted by molar-refractivity contribution is 6.04. The van der Waals surface area contributed by atoms with Gasteiger partial charge in [-0.05, 0) is 38.8 Å². The third-order valence-electron chi connectivity index (χ3n) is 5.49. The predicted octanol–water partition coefficient (Wildman–Crippen LogP) is 2.62. The molecule has 0 bridgehead atoms. The van der Waals surface area contributed by atoms with E-state index in [0.29, 0.717) is 23.3 Å². The number of benzene rings is 1. The molecular weight excluding hydrogens is 376 g/mol. The van der Waals surface area contributed by atoms with Gasteiger partial charge in [0.15, 0.2) is 11.4 Å². The normalized spacial score (nSPS) is 27.1. The first-order valence-electron chi connectivity index (χ1n) is 9.50. The number of esters is 1. The van der Waals surface area contributed by atoms with Gasteiger partial charge in [0.2, 0.25) is 0 Å². The summed E-state index contributed by atoms with van der Waals surface area (Å²) in [5.74, 6) is -1.18. The summed E-state index contributed by atoms with van der Waals surface area (Å²) in [7, 11) is 1.46. The molecular formula is C22H26O7. The number of Topliss-reactive ketones (excluding diaryl/α,β-unsaturated/α-hetero) is 1. The SMILES string of the molecule is C/C=C\[C@H]1CC2=C(CO1)C(=O)[C@@](C)(O)[C@H](OC(=O)c1c(C)cc(OC)cc1O)C2. The van der Waals surface area contributed by atoms with Gasteiger partial charge >= 0.3 is 5.97 Å². The number of carbonyl (C=O) groups excluding carboxylic acids is 2. The molecule has 0 amide bonds. The van der Waals surface area contributed by atoms with E-state index in [-0.39, 0.29) is 30.4 Å². The van der Waals surface area contributed by atoms with E-state index in [4.69, 9.17) is 14.2 Å². The Hall–Kier alpha value is -2.64. The van der Waals surface area contributed by atoms with E-state index >= 15 is 0 Å². The minimum atomic E-state index is -1.87. The number of allylic oxidation sites excluding steroid dienone is 1. The molecule has 0 saturated heterocycles. The average molecular weight is 402 g/mol. The molecule has 0 fully saturated rings. The maximum absolute atomic E-state index is 12.8. The highest BCUT2D eigenvalue weighted by Gasteiger charge is 2.49. The van der Waals surface area contributed by atoms with Crippen LogP contribution in [-0.4, -0.2) is 53.5 Å². The van der Waals surface area contributed by atoms with Crippen LogP contribution in [0, 0.1) is 6.92 Å². The number of ketones is 1. The lowest BCUT2D eigenvalue weighted by atomic mass is 9.76. The Labute approximate surface area is 169 Å². The molecule has 7 nitrogen and oxygen atoms in total. The summed E-state index contributed by atoms with van der Waals surface area (Å²) in [5.41, 5.74) is -0.155. The van der Waals surface area contributed by atoms with Crippen molar-refractivity contribution in [2.75, 3.05) is 13.7 Å². The van der Waals surface area contributed by atoms with E-state index < -0.39 is 23.5 Å². The summed E-state index contributed by atoms with van der Waals surface area (Å²) in [6, 6.07) is 2.91. The first kappa shape index (κ1) is 21.1. The van der Waals surface area contributed by atoms with Crippen molar-refractivity contribution in [3.8, 4) is 11.5 Å². The molecule has 7 heteroatoms. The molecule has 1 aromatic rings. The summed E-state index contributed by atoms with van der Waals surface area (Å²) in [4.78, 5) is 25.6. The molecule has 3 rings (SSSR count). The smallest absolute Gasteiger partial charge is 0.342 e. The van der Waals surface area contributed by atoms with Crippen molar-refractivity contribution in [3.05, 3.63) is 46.6 Å². The van der Waals surface area contributed by atoms with Gasteiger partial charge in [-0.2, -0.15) is 0 Å². The molecule has 2 aliphatic rings. The van der Waals surface area contributed by atoms with Crippen molar-refractivity contribution in [2.45, 2.75) is 51.4 Å². The van der Waals surface area contributed by atoms with Crippen molar-refractivity contribution in [3.63, 3.8) is 0 Å². The number of methoxy groups -OCH3 is 1. The lowest BCUT2D eigenvalue weighted by Gasteiger charge is -2.40. The molecule has 1 aromatic carbocycles. The zero-order valence-corrected chi connectivity index (χ0v) is 17.0. The molecule has 0 aromatic heterocycles. The molecule has 29 heavy (non-hydrogen) atoms. The molecule has 1 aliphatic heterocycles. The molecule has 3 atom stereocenters. The van der Waals surface area contributed by atoms with Crippen LogP contribution in [-0.2, 0) is 14.3 Å². The second-order valence-corrected chi connectivity index (χ2v) is 7.57. The monoisotopic (exact) mass is 402 g/mol. The lowest BCUT2D eigenvalue weighted by molar-refractivity contribution is -0.147. The molecule has 1 heterocycles. The number of ether oxygens (including phenoxy) is 3. The third-order valence-corrected chi connectivity index (χ3v) is 5.49. The summed E-state index contributed by atoms with van der Waals surface area (Å²) in [6.45, 7) is 5.00. The number of rotatable bonds is 4. The molecule has 0 spiro atoms. The minimum Gasteiger partial charge on any atom is -0.507 e. The number of carbonyl (C=O) groups is 2. The van der Waals surface area contributed by atoms with Crippen LogP contribution in [0.15, 0.2) is 35.4 Å². The van der Waals surface area contributed by atoms with Crippen molar-refractivity contribution >= 4 is 11.8 Å². The van der Waals surface area contributed by atoms with Crippen LogP contribution in [0.4, 0.5) is 0 Å². The van der Waals surface area contributed by atoms with Gasteiger partial charge in [0, 0.05) is 18.1 Å². The average Bonchev–Trinajstić information content (AvgIpc) is 2.65. The van der Waals surface area contributed by atoms with Gasteiger partial charge in [-0.3, -0.25) is 4.79 Å². The molecule has 0 saturated carbocycles. The van der Waals surface area contributed by atoms with Gasteiger partial charge in [-0.25, -0.2) is 4.79 Å².